The van der Waals surface area contributed by atoms with E-state index in [9.17, 15) is 4.79 Å². The molecular formula is C24H21N9O2. The number of para-hydroxylation sites is 1. The molecule has 0 spiro atoms. The number of hydrogen-bond acceptors (Lipinski definition) is 9. The van der Waals surface area contributed by atoms with Crippen molar-refractivity contribution in [2.45, 2.75) is 6.54 Å². The number of rotatable bonds is 7. The van der Waals surface area contributed by atoms with E-state index in [0.29, 0.717) is 5.69 Å². The second-order valence-electron chi connectivity index (χ2n) is 7.77. The van der Waals surface area contributed by atoms with Crippen LogP contribution in [0.3, 0.4) is 0 Å². The molecule has 0 radical (unpaired) electrons. The van der Waals surface area contributed by atoms with Crippen LogP contribution in [0.5, 0.6) is 0 Å². The van der Waals surface area contributed by atoms with Gasteiger partial charge in [0.25, 0.3) is 5.91 Å². The molecule has 2 aromatic heterocycles. The molecule has 3 N–H and O–H groups in total. The smallest absolute Gasteiger partial charge is 0.293 e. The van der Waals surface area contributed by atoms with E-state index >= 15 is 0 Å². The molecule has 0 aliphatic rings. The first-order valence-electron chi connectivity index (χ1n) is 10.7. The van der Waals surface area contributed by atoms with Gasteiger partial charge in [0.05, 0.1) is 18.5 Å². The molecule has 2 heterocycles. The number of nitrogen functional groups attached to an aromatic ring is 1. The number of aromatic nitrogens is 5. The molecule has 0 aliphatic heterocycles. The van der Waals surface area contributed by atoms with Crippen LogP contribution in [0.4, 0.5) is 11.5 Å². The minimum absolute atomic E-state index is 0.0276. The van der Waals surface area contributed by atoms with E-state index in [1.165, 1.54) is 4.68 Å². The SMILES string of the molecule is CN(Cc1c(C(=O)N/N=C/c2ccc3ccccc3c2)nnn1-c1nonc1N)c1ccccc1. The predicted octanol–water partition coefficient (Wildman–Crippen LogP) is 2.79. The minimum Gasteiger partial charge on any atom is -0.378 e. The maximum absolute atomic E-state index is 13.0. The van der Waals surface area contributed by atoms with Gasteiger partial charge in [-0.05, 0) is 44.8 Å². The molecular weight excluding hydrogens is 446 g/mol. The van der Waals surface area contributed by atoms with Crippen LogP contribution in [0.1, 0.15) is 21.7 Å². The first kappa shape index (κ1) is 21.8. The van der Waals surface area contributed by atoms with Crippen molar-refractivity contribution in [3.05, 3.63) is 89.7 Å². The fourth-order valence-electron chi connectivity index (χ4n) is 3.63. The van der Waals surface area contributed by atoms with Gasteiger partial charge in [0, 0.05) is 12.7 Å². The number of hydrazone groups is 1. The fraction of sp³-hybridized carbons (Fsp3) is 0.0833. The molecule has 0 atom stereocenters. The Bertz CT molecular complexity index is 1510. The van der Waals surface area contributed by atoms with Gasteiger partial charge >= 0.3 is 0 Å². The van der Waals surface area contributed by atoms with Crippen LogP contribution < -0.4 is 16.1 Å². The summed E-state index contributed by atoms with van der Waals surface area (Å²) in [5.41, 5.74) is 10.7. The Balaban J connectivity index is 1.40. The lowest BCUT2D eigenvalue weighted by atomic mass is 10.1. The molecule has 0 unspecified atom stereocenters. The maximum Gasteiger partial charge on any atom is 0.293 e. The number of carbonyl (C=O) groups is 1. The van der Waals surface area contributed by atoms with Gasteiger partial charge in [0.2, 0.25) is 11.6 Å². The highest BCUT2D eigenvalue weighted by atomic mass is 16.6. The monoisotopic (exact) mass is 467 g/mol. The summed E-state index contributed by atoms with van der Waals surface area (Å²) in [6.07, 6.45) is 1.57. The Labute approximate surface area is 199 Å². The molecule has 0 fully saturated rings. The third-order valence-corrected chi connectivity index (χ3v) is 5.41. The number of hydrogen-bond donors (Lipinski definition) is 2. The van der Waals surface area contributed by atoms with E-state index in [1.54, 1.807) is 6.21 Å². The molecule has 5 rings (SSSR count). The zero-order valence-electron chi connectivity index (χ0n) is 18.7. The normalized spacial score (nSPS) is 11.2. The van der Waals surface area contributed by atoms with E-state index in [0.717, 1.165) is 22.0 Å². The maximum atomic E-state index is 13.0. The second kappa shape index (κ2) is 9.43. The van der Waals surface area contributed by atoms with Gasteiger partial charge in [-0.15, -0.1) is 5.10 Å². The number of carbonyl (C=O) groups excluding carboxylic acids is 1. The van der Waals surface area contributed by atoms with Crippen molar-refractivity contribution in [2.75, 3.05) is 17.7 Å². The molecule has 0 saturated heterocycles. The summed E-state index contributed by atoms with van der Waals surface area (Å²) < 4.78 is 6.05. The first-order valence-corrected chi connectivity index (χ1v) is 10.7. The zero-order valence-corrected chi connectivity index (χ0v) is 18.7. The van der Waals surface area contributed by atoms with Crippen LogP contribution in [0, 0.1) is 0 Å². The standard InChI is InChI=1S/C24H21N9O2/c1-32(19-9-3-2-4-10-19)15-20-21(27-31-33(20)23-22(25)29-35-30-23)24(34)28-26-14-16-11-12-17-7-5-6-8-18(17)13-16/h2-14H,15H2,1H3,(H2,25,29)(H,28,34)/b26-14+. The summed E-state index contributed by atoms with van der Waals surface area (Å²) in [4.78, 5) is 14.9. The summed E-state index contributed by atoms with van der Waals surface area (Å²) in [6, 6.07) is 23.6. The Morgan fingerprint density at radius 3 is 2.63 bits per heavy atom. The summed E-state index contributed by atoms with van der Waals surface area (Å²) in [5.74, 6) is -0.354. The third-order valence-electron chi connectivity index (χ3n) is 5.41. The van der Waals surface area contributed by atoms with Gasteiger partial charge in [-0.2, -0.15) is 9.78 Å². The van der Waals surface area contributed by atoms with Crippen molar-refractivity contribution in [1.29, 1.82) is 0 Å². The van der Waals surface area contributed by atoms with Gasteiger partial charge < -0.3 is 10.6 Å². The van der Waals surface area contributed by atoms with Gasteiger partial charge in [-0.25, -0.2) is 10.1 Å². The number of anilines is 2. The molecule has 0 saturated carbocycles. The Morgan fingerprint density at radius 2 is 1.86 bits per heavy atom. The predicted molar refractivity (Wildman–Crippen MR) is 131 cm³/mol. The summed E-state index contributed by atoms with van der Waals surface area (Å²) in [6.45, 7) is 0.278. The van der Waals surface area contributed by atoms with Crippen LogP contribution >= 0.6 is 0 Å². The van der Waals surface area contributed by atoms with E-state index in [-0.39, 0.29) is 23.9 Å². The van der Waals surface area contributed by atoms with Crippen molar-refractivity contribution in [3.8, 4) is 5.82 Å². The number of nitrogens with two attached hydrogens (primary N) is 1. The molecule has 0 aliphatic carbocycles. The summed E-state index contributed by atoms with van der Waals surface area (Å²) in [5, 5.41) is 21.8. The Morgan fingerprint density at radius 1 is 1.09 bits per heavy atom. The number of benzene rings is 3. The lowest BCUT2D eigenvalue weighted by Crippen LogP contribution is -2.24. The molecule has 1 amide bonds. The van der Waals surface area contributed by atoms with Crippen LogP contribution in [-0.2, 0) is 6.54 Å². The first-order chi connectivity index (χ1) is 17.1. The van der Waals surface area contributed by atoms with E-state index in [2.05, 4.69) is 31.2 Å². The molecule has 35 heavy (non-hydrogen) atoms. The lowest BCUT2D eigenvalue weighted by molar-refractivity contribution is 0.0949. The van der Waals surface area contributed by atoms with Crippen molar-refractivity contribution in [3.63, 3.8) is 0 Å². The average molecular weight is 467 g/mol. The van der Waals surface area contributed by atoms with Crippen LogP contribution in [0.25, 0.3) is 16.6 Å². The molecule has 0 bridgehead atoms. The lowest BCUT2D eigenvalue weighted by Gasteiger charge is -2.19. The van der Waals surface area contributed by atoms with Gasteiger partial charge in [0.15, 0.2) is 5.69 Å². The van der Waals surface area contributed by atoms with E-state index in [4.69, 9.17) is 10.4 Å². The van der Waals surface area contributed by atoms with Gasteiger partial charge in [0.1, 0.15) is 0 Å². The molecule has 174 valence electrons. The Hall–Kier alpha value is -5.06. The number of fused-ring (bicyclic) bond motifs is 1. The highest BCUT2D eigenvalue weighted by molar-refractivity contribution is 5.95. The number of nitrogens with zero attached hydrogens (tertiary/aromatic N) is 7. The average Bonchev–Trinajstić information content (AvgIpc) is 3.50. The number of amides is 1. The van der Waals surface area contributed by atoms with Crippen LogP contribution in [0.15, 0.2) is 82.5 Å². The highest BCUT2D eigenvalue weighted by Crippen LogP contribution is 2.20. The largest absolute Gasteiger partial charge is 0.378 e. The minimum atomic E-state index is -0.528. The van der Waals surface area contributed by atoms with E-state index in [1.807, 2.05) is 84.7 Å². The highest BCUT2D eigenvalue weighted by Gasteiger charge is 2.25. The van der Waals surface area contributed by atoms with Crippen molar-refractivity contribution >= 4 is 34.4 Å². The summed E-state index contributed by atoms with van der Waals surface area (Å²) in [7, 11) is 1.89. The second-order valence-corrected chi connectivity index (χ2v) is 7.77. The molecule has 5 aromatic rings. The van der Waals surface area contributed by atoms with Crippen molar-refractivity contribution < 1.29 is 9.42 Å². The van der Waals surface area contributed by atoms with Crippen molar-refractivity contribution in [1.82, 2.24) is 30.7 Å². The molecule has 11 nitrogen and oxygen atoms in total. The van der Waals surface area contributed by atoms with Crippen LogP contribution in [0.2, 0.25) is 0 Å². The molecule has 3 aromatic carbocycles. The summed E-state index contributed by atoms with van der Waals surface area (Å²) >= 11 is 0. The van der Waals surface area contributed by atoms with Crippen molar-refractivity contribution in [2.24, 2.45) is 5.10 Å². The third kappa shape index (κ3) is 4.55. The quantitative estimate of drug-likeness (QED) is 0.275. The Kier molecular flexibility index (Phi) is 5.87. The zero-order chi connectivity index (χ0) is 24.2. The fourth-order valence-corrected chi connectivity index (χ4v) is 3.63. The van der Waals surface area contributed by atoms with Crippen LogP contribution in [-0.4, -0.2) is 44.5 Å². The topological polar surface area (TPSA) is 140 Å². The van der Waals surface area contributed by atoms with E-state index < -0.39 is 5.91 Å². The molecule has 11 heteroatoms. The number of nitrogens with one attached hydrogen (secondary N) is 1. The van der Waals surface area contributed by atoms with Gasteiger partial charge in [-0.3, -0.25) is 4.79 Å². The van der Waals surface area contributed by atoms with Gasteiger partial charge in [-0.1, -0.05) is 59.8 Å².